The first-order valence-corrected chi connectivity index (χ1v) is 6.28. The third-order valence-electron chi connectivity index (χ3n) is 2.53. The Morgan fingerprint density at radius 1 is 1.25 bits per heavy atom. The lowest BCUT2D eigenvalue weighted by Gasteiger charge is -2.09. The van der Waals surface area contributed by atoms with Crippen molar-refractivity contribution in [1.82, 2.24) is 0 Å². The van der Waals surface area contributed by atoms with Gasteiger partial charge in [0, 0.05) is 11.6 Å². The van der Waals surface area contributed by atoms with Crippen molar-refractivity contribution in [2.45, 2.75) is 6.61 Å². The zero-order valence-electron chi connectivity index (χ0n) is 9.98. The molecule has 4 nitrogen and oxygen atoms in total. The molecule has 0 atom stereocenters. The normalized spacial score (nSPS) is 10.3. The minimum atomic E-state index is -0.935. The Labute approximate surface area is 121 Å². The lowest BCUT2D eigenvalue weighted by Crippen LogP contribution is -2.02. The van der Waals surface area contributed by atoms with Crippen molar-refractivity contribution in [1.29, 1.82) is 0 Å². The van der Waals surface area contributed by atoms with Crippen LogP contribution in [0, 0.1) is 21.7 Å². The molecule has 7 heteroatoms. The van der Waals surface area contributed by atoms with E-state index in [-0.39, 0.29) is 12.2 Å². The summed E-state index contributed by atoms with van der Waals surface area (Å²) in [5.41, 5.74) is -0.556. The average Bonchev–Trinajstić information content (AvgIpc) is 2.39. The summed E-state index contributed by atoms with van der Waals surface area (Å²) in [5.74, 6) is -1.06. The third kappa shape index (κ3) is 3.11. The molecule has 0 aliphatic rings. The monoisotopic (exact) mass is 343 g/mol. The van der Waals surface area contributed by atoms with Crippen LogP contribution >= 0.6 is 15.9 Å². The van der Waals surface area contributed by atoms with Crippen molar-refractivity contribution in [2.24, 2.45) is 0 Å². The Kier molecular flexibility index (Phi) is 4.29. The van der Waals surface area contributed by atoms with E-state index in [9.17, 15) is 18.9 Å². The lowest BCUT2D eigenvalue weighted by molar-refractivity contribution is -0.387. The molecule has 104 valence electrons. The molecule has 0 heterocycles. The van der Waals surface area contributed by atoms with E-state index in [1.165, 1.54) is 30.3 Å². The molecule has 2 aromatic rings. The van der Waals surface area contributed by atoms with E-state index in [0.717, 1.165) is 6.07 Å². The van der Waals surface area contributed by atoms with Gasteiger partial charge in [0.25, 0.3) is 0 Å². The fourth-order valence-corrected chi connectivity index (χ4v) is 2.03. The average molecular weight is 344 g/mol. The summed E-state index contributed by atoms with van der Waals surface area (Å²) in [7, 11) is 0. The van der Waals surface area contributed by atoms with Gasteiger partial charge in [0.05, 0.1) is 9.40 Å². The van der Waals surface area contributed by atoms with Crippen LogP contribution in [0.25, 0.3) is 0 Å². The van der Waals surface area contributed by atoms with Crippen molar-refractivity contribution >= 4 is 21.6 Å². The van der Waals surface area contributed by atoms with Crippen LogP contribution in [-0.4, -0.2) is 4.92 Å². The smallest absolute Gasteiger partial charge is 0.305 e. The maximum Gasteiger partial charge on any atom is 0.305 e. The highest BCUT2D eigenvalue weighted by Gasteiger charge is 2.17. The first kappa shape index (κ1) is 14.4. The van der Waals surface area contributed by atoms with Gasteiger partial charge in [0.15, 0.2) is 0 Å². The van der Waals surface area contributed by atoms with Gasteiger partial charge in [0.1, 0.15) is 18.2 Å². The van der Waals surface area contributed by atoms with Crippen molar-refractivity contribution in [3.63, 3.8) is 0 Å². The standard InChI is InChI=1S/C13H8BrF2NO3/c14-10-6-9(15)4-5-12(10)20-7-8-2-1-3-11(13(8)16)17(18)19/h1-6H,7H2. The topological polar surface area (TPSA) is 52.4 Å². The van der Waals surface area contributed by atoms with Gasteiger partial charge in [-0.05, 0) is 34.1 Å². The highest BCUT2D eigenvalue weighted by atomic mass is 79.9. The maximum atomic E-state index is 13.8. The quantitative estimate of drug-likeness (QED) is 0.617. The molecular formula is C13H8BrF2NO3. The van der Waals surface area contributed by atoms with Crippen LogP contribution in [0.5, 0.6) is 5.75 Å². The fourth-order valence-electron chi connectivity index (χ4n) is 1.57. The molecule has 2 aromatic carbocycles. The van der Waals surface area contributed by atoms with Gasteiger partial charge in [-0.2, -0.15) is 4.39 Å². The molecule has 0 amide bonds. The second-order valence-corrected chi connectivity index (χ2v) is 4.73. The van der Waals surface area contributed by atoms with Gasteiger partial charge in [-0.15, -0.1) is 0 Å². The minimum Gasteiger partial charge on any atom is -0.488 e. The molecule has 0 saturated heterocycles. The van der Waals surface area contributed by atoms with E-state index >= 15 is 0 Å². The van der Waals surface area contributed by atoms with E-state index in [4.69, 9.17) is 4.74 Å². The Hall–Kier alpha value is -2.02. The number of hydrogen-bond donors (Lipinski definition) is 0. The predicted octanol–water partition coefficient (Wildman–Crippen LogP) is 4.21. The molecule has 0 spiro atoms. The van der Waals surface area contributed by atoms with E-state index in [1.54, 1.807) is 0 Å². The van der Waals surface area contributed by atoms with Crippen molar-refractivity contribution in [3.05, 3.63) is 68.2 Å². The maximum absolute atomic E-state index is 13.8. The Balaban J connectivity index is 2.19. The second kappa shape index (κ2) is 5.96. The summed E-state index contributed by atoms with van der Waals surface area (Å²) in [6, 6.07) is 7.63. The summed E-state index contributed by atoms with van der Waals surface area (Å²) < 4.78 is 32.4. The fraction of sp³-hybridized carbons (Fsp3) is 0.0769. The molecule has 0 aliphatic heterocycles. The predicted molar refractivity (Wildman–Crippen MR) is 71.5 cm³/mol. The number of halogens is 3. The number of nitro benzene ring substituents is 1. The minimum absolute atomic E-state index is 0.0513. The van der Waals surface area contributed by atoms with Crippen molar-refractivity contribution < 1.29 is 18.4 Å². The second-order valence-electron chi connectivity index (χ2n) is 3.87. The summed E-state index contributed by atoms with van der Waals surface area (Å²) >= 11 is 3.11. The number of ether oxygens (including phenoxy) is 1. The third-order valence-corrected chi connectivity index (χ3v) is 3.15. The van der Waals surface area contributed by atoms with Gasteiger partial charge < -0.3 is 4.74 Å². The zero-order chi connectivity index (χ0) is 14.7. The number of benzene rings is 2. The molecule has 0 N–H and O–H groups in total. The Morgan fingerprint density at radius 3 is 2.65 bits per heavy atom. The van der Waals surface area contributed by atoms with E-state index in [1.807, 2.05) is 0 Å². The molecule has 0 unspecified atom stereocenters. The summed E-state index contributed by atoms with van der Waals surface area (Å²) in [4.78, 5) is 9.82. The highest BCUT2D eigenvalue weighted by molar-refractivity contribution is 9.10. The molecule has 0 saturated carbocycles. The van der Waals surface area contributed by atoms with Gasteiger partial charge >= 0.3 is 5.69 Å². The van der Waals surface area contributed by atoms with Crippen LogP contribution < -0.4 is 4.74 Å². The first-order chi connectivity index (χ1) is 9.49. The van der Waals surface area contributed by atoms with Crippen LogP contribution in [-0.2, 0) is 6.61 Å². The molecule has 0 bridgehead atoms. The molecule has 0 aliphatic carbocycles. The molecule has 20 heavy (non-hydrogen) atoms. The Morgan fingerprint density at radius 2 is 2.00 bits per heavy atom. The number of rotatable bonds is 4. The van der Waals surface area contributed by atoms with Gasteiger partial charge in [0.2, 0.25) is 5.82 Å². The van der Waals surface area contributed by atoms with Crippen LogP contribution in [0.2, 0.25) is 0 Å². The van der Waals surface area contributed by atoms with E-state index in [2.05, 4.69) is 15.9 Å². The largest absolute Gasteiger partial charge is 0.488 e. The van der Waals surface area contributed by atoms with Crippen molar-refractivity contribution in [3.8, 4) is 5.75 Å². The molecule has 0 fully saturated rings. The molecular weight excluding hydrogens is 336 g/mol. The Bertz CT molecular complexity index is 664. The summed E-state index contributed by atoms with van der Waals surface area (Å²) in [6.07, 6.45) is 0. The number of nitrogens with zero attached hydrogens (tertiary/aromatic N) is 1. The van der Waals surface area contributed by atoms with Crippen LogP contribution in [0.4, 0.5) is 14.5 Å². The number of hydrogen-bond acceptors (Lipinski definition) is 3. The van der Waals surface area contributed by atoms with Gasteiger partial charge in [-0.1, -0.05) is 12.1 Å². The van der Waals surface area contributed by atoms with Crippen molar-refractivity contribution in [2.75, 3.05) is 0 Å². The van der Waals surface area contributed by atoms with E-state index < -0.39 is 22.2 Å². The first-order valence-electron chi connectivity index (χ1n) is 5.48. The lowest BCUT2D eigenvalue weighted by atomic mass is 10.2. The zero-order valence-corrected chi connectivity index (χ0v) is 11.6. The van der Waals surface area contributed by atoms with Gasteiger partial charge in [-0.25, -0.2) is 4.39 Å². The molecule has 0 aromatic heterocycles. The van der Waals surface area contributed by atoms with Crippen LogP contribution in [0.15, 0.2) is 40.9 Å². The molecule has 0 radical (unpaired) electrons. The SMILES string of the molecule is O=[N+]([O-])c1cccc(COc2ccc(F)cc2Br)c1F. The highest BCUT2D eigenvalue weighted by Crippen LogP contribution is 2.27. The van der Waals surface area contributed by atoms with Crippen LogP contribution in [0.1, 0.15) is 5.56 Å². The number of nitro groups is 1. The van der Waals surface area contributed by atoms with E-state index in [0.29, 0.717) is 10.2 Å². The van der Waals surface area contributed by atoms with Crippen LogP contribution in [0.3, 0.4) is 0 Å². The van der Waals surface area contributed by atoms with Gasteiger partial charge in [-0.3, -0.25) is 10.1 Å². The summed E-state index contributed by atoms with van der Waals surface area (Å²) in [5, 5.41) is 10.6. The summed E-state index contributed by atoms with van der Waals surface area (Å²) in [6.45, 7) is -0.197. The molecule has 2 rings (SSSR count).